The molecule has 0 spiro atoms. The van der Waals surface area contributed by atoms with Crippen LogP contribution in [0.4, 0.5) is 0 Å². The molecule has 3 N–H and O–H groups in total. The van der Waals surface area contributed by atoms with E-state index in [2.05, 4.69) is 10.6 Å². The van der Waals surface area contributed by atoms with Gasteiger partial charge < -0.3 is 15.7 Å². The van der Waals surface area contributed by atoms with Gasteiger partial charge in [0.1, 0.15) is 0 Å². The second kappa shape index (κ2) is 7.27. The normalized spacial score (nSPS) is 21.8. The molecule has 1 heterocycles. The third-order valence-electron chi connectivity index (χ3n) is 3.27. The third kappa shape index (κ3) is 5.17. The van der Waals surface area contributed by atoms with Crippen LogP contribution in [0.15, 0.2) is 0 Å². The highest BCUT2D eigenvalue weighted by atomic mass is 16.4. The molecule has 0 bridgehead atoms. The van der Waals surface area contributed by atoms with Gasteiger partial charge in [-0.3, -0.25) is 9.59 Å². The molecule has 1 amide bonds. The van der Waals surface area contributed by atoms with Gasteiger partial charge in [0.2, 0.25) is 5.91 Å². The zero-order valence-electron chi connectivity index (χ0n) is 10.4. The van der Waals surface area contributed by atoms with Crippen LogP contribution in [0, 0.1) is 11.8 Å². The van der Waals surface area contributed by atoms with Crippen molar-refractivity contribution in [2.75, 3.05) is 19.6 Å². The van der Waals surface area contributed by atoms with E-state index >= 15 is 0 Å². The average molecular weight is 242 g/mol. The lowest BCUT2D eigenvalue weighted by molar-refractivity contribution is -0.138. The Kier molecular flexibility index (Phi) is 5.97. The van der Waals surface area contributed by atoms with Crippen LogP contribution in [-0.4, -0.2) is 36.6 Å². The fourth-order valence-corrected chi connectivity index (χ4v) is 2.07. The summed E-state index contributed by atoms with van der Waals surface area (Å²) in [5, 5.41) is 14.8. The van der Waals surface area contributed by atoms with Crippen molar-refractivity contribution in [3.63, 3.8) is 0 Å². The summed E-state index contributed by atoms with van der Waals surface area (Å²) in [6.45, 7) is 4.14. The molecule has 98 valence electrons. The molecule has 0 aromatic heterocycles. The number of nitrogens with one attached hydrogen (secondary N) is 2. The molecule has 0 aromatic rings. The molecule has 0 saturated carbocycles. The molecule has 0 aliphatic carbocycles. The van der Waals surface area contributed by atoms with E-state index < -0.39 is 5.97 Å². The number of carbonyl (C=O) groups excluding carboxylic acids is 1. The van der Waals surface area contributed by atoms with Gasteiger partial charge in [-0.1, -0.05) is 13.3 Å². The van der Waals surface area contributed by atoms with E-state index in [9.17, 15) is 9.59 Å². The van der Waals surface area contributed by atoms with Crippen LogP contribution in [0.1, 0.15) is 32.6 Å². The van der Waals surface area contributed by atoms with Gasteiger partial charge in [-0.05, 0) is 25.3 Å². The van der Waals surface area contributed by atoms with Gasteiger partial charge in [0.15, 0.2) is 0 Å². The fraction of sp³-hybridized carbons (Fsp3) is 0.833. The first-order valence-electron chi connectivity index (χ1n) is 6.33. The van der Waals surface area contributed by atoms with E-state index in [1.807, 2.05) is 6.92 Å². The molecule has 17 heavy (non-hydrogen) atoms. The molecular formula is C12H22N2O3. The number of hydrogen-bond donors (Lipinski definition) is 3. The highest BCUT2D eigenvalue weighted by Crippen LogP contribution is 2.11. The van der Waals surface area contributed by atoms with Crippen molar-refractivity contribution < 1.29 is 14.7 Å². The Hall–Kier alpha value is -1.10. The molecular weight excluding hydrogens is 220 g/mol. The lowest BCUT2D eigenvalue weighted by Crippen LogP contribution is -2.42. The molecule has 5 nitrogen and oxygen atoms in total. The predicted octanol–water partition coefficient (Wildman–Crippen LogP) is 0.603. The van der Waals surface area contributed by atoms with Gasteiger partial charge in [0.25, 0.3) is 0 Å². The number of aliphatic carboxylic acids is 1. The van der Waals surface area contributed by atoms with Crippen LogP contribution in [0.3, 0.4) is 0 Å². The second-order valence-corrected chi connectivity index (χ2v) is 4.66. The molecule has 2 atom stereocenters. The molecule has 1 aliphatic rings. The predicted molar refractivity (Wildman–Crippen MR) is 64.6 cm³/mol. The van der Waals surface area contributed by atoms with Gasteiger partial charge in [0.05, 0.1) is 5.92 Å². The van der Waals surface area contributed by atoms with Gasteiger partial charge in [-0.2, -0.15) is 0 Å². The van der Waals surface area contributed by atoms with E-state index in [4.69, 9.17) is 5.11 Å². The third-order valence-corrected chi connectivity index (χ3v) is 3.27. The number of rotatable bonds is 6. The molecule has 5 heteroatoms. The SMILES string of the molecule is CCC(CNC(=O)[C@@H]1CCCNC1)CC(=O)O. The lowest BCUT2D eigenvalue weighted by atomic mass is 9.97. The van der Waals surface area contributed by atoms with Gasteiger partial charge in [-0.25, -0.2) is 0 Å². The molecule has 1 aliphatic heterocycles. The Morgan fingerprint density at radius 2 is 2.29 bits per heavy atom. The largest absolute Gasteiger partial charge is 0.481 e. The average Bonchev–Trinajstić information content (AvgIpc) is 2.34. The van der Waals surface area contributed by atoms with Crippen molar-refractivity contribution >= 4 is 11.9 Å². The highest BCUT2D eigenvalue weighted by molar-refractivity contribution is 5.79. The number of amides is 1. The lowest BCUT2D eigenvalue weighted by Gasteiger charge is -2.23. The van der Waals surface area contributed by atoms with Crippen LogP contribution >= 0.6 is 0 Å². The maximum Gasteiger partial charge on any atom is 0.303 e. The van der Waals surface area contributed by atoms with E-state index in [1.165, 1.54) is 0 Å². The summed E-state index contributed by atoms with van der Waals surface area (Å²) in [4.78, 5) is 22.4. The summed E-state index contributed by atoms with van der Waals surface area (Å²) in [5.74, 6) is -0.662. The molecule has 1 rings (SSSR count). The zero-order chi connectivity index (χ0) is 12.7. The summed E-state index contributed by atoms with van der Waals surface area (Å²) >= 11 is 0. The van der Waals surface area contributed by atoms with Crippen molar-refractivity contribution in [1.82, 2.24) is 10.6 Å². The Labute approximate surface area is 102 Å². The second-order valence-electron chi connectivity index (χ2n) is 4.66. The molecule has 0 aromatic carbocycles. The summed E-state index contributed by atoms with van der Waals surface area (Å²) in [6, 6.07) is 0. The summed E-state index contributed by atoms with van der Waals surface area (Å²) in [5.41, 5.74) is 0. The number of carboxylic acid groups (broad SMARTS) is 1. The summed E-state index contributed by atoms with van der Waals surface area (Å²) < 4.78 is 0. The minimum Gasteiger partial charge on any atom is -0.481 e. The summed E-state index contributed by atoms with van der Waals surface area (Å²) in [6.07, 6.45) is 2.86. The Balaban J connectivity index is 2.27. The van der Waals surface area contributed by atoms with Gasteiger partial charge >= 0.3 is 5.97 Å². The fourth-order valence-electron chi connectivity index (χ4n) is 2.07. The standard InChI is InChI=1S/C12H22N2O3/c1-2-9(6-11(15)16)7-14-12(17)10-4-3-5-13-8-10/h9-10,13H,2-8H2,1H3,(H,14,17)(H,15,16)/t9?,10-/m1/s1. The van der Waals surface area contributed by atoms with Crippen molar-refractivity contribution in [1.29, 1.82) is 0 Å². The minimum atomic E-state index is -0.801. The van der Waals surface area contributed by atoms with Crippen molar-refractivity contribution in [2.45, 2.75) is 32.6 Å². The van der Waals surface area contributed by atoms with Crippen molar-refractivity contribution in [2.24, 2.45) is 11.8 Å². The molecule has 1 saturated heterocycles. The minimum absolute atomic E-state index is 0.0352. The molecule has 1 unspecified atom stereocenters. The van der Waals surface area contributed by atoms with Gasteiger partial charge in [-0.15, -0.1) is 0 Å². The Morgan fingerprint density at radius 1 is 1.53 bits per heavy atom. The van der Waals surface area contributed by atoms with E-state index in [0.29, 0.717) is 6.54 Å². The number of carbonyl (C=O) groups is 2. The van der Waals surface area contributed by atoms with Gasteiger partial charge in [0, 0.05) is 19.5 Å². The first-order valence-corrected chi connectivity index (χ1v) is 6.33. The van der Waals surface area contributed by atoms with Crippen molar-refractivity contribution in [3.05, 3.63) is 0 Å². The first-order chi connectivity index (χ1) is 8.13. The number of piperidine rings is 1. The van der Waals surface area contributed by atoms with Crippen LogP contribution in [0.5, 0.6) is 0 Å². The maximum atomic E-state index is 11.8. The number of carboxylic acids is 1. The smallest absolute Gasteiger partial charge is 0.303 e. The number of hydrogen-bond acceptors (Lipinski definition) is 3. The Bertz CT molecular complexity index is 262. The van der Waals surface area contributed by atoms with Crippen LogP contribution in [-0.2, 0) is 9.59 Å². The monoisotopic (exact) mass is 242 g/mol. The van der Waals surface area contributed by atoms with Crippen LogP contribution in [0.25, 0.3) is 0 Å². The van der Waals surface area contributed by atoms with Crippen LogP contribution in [0.2, 0.25) is 0 Å². The first kappa shape index (κ1) is 14.0. The van der Waals surface area contributed by atoms with Crippen molar-refractivity contribution in [3.8, 4) is 0 Å². The van der Waals surface area contributed by atoms with E-state index in [1.54, 1.807) is 0 Å². The molecule has 0 radical (unpaired) electrons. The quantitative estimate of drug-likeness (QED) is 0.637. The summed E-state index contributed by atoms with van der Waals surface area (Å²) in [7, 11) is 0. The Morgan fingerprint density at radius 3 is 2.82 bits per heavy atom. The molecule has 1 fully saturated rings. The van der Waals surface area contributed by atoms with E-state index in [-0.39, 0.29) is 24.2 Å². The maximum absolute atomic E-state index is 11.8. The van der Waals surface area contributed by atoms with Crippen LogP contribution < -0.4 is 10.6 Å². The van der Waals surface area contributed by atoms with E-state index in [0.717, 1.165) is 32.4 Å². The topological polar surface area (TPSA) is 78.4 Å². The highest BCUT2D eigenvalue weighted by Gasteiger charge is 2.21. The zero-order valence-corrected chi connectivity index (χ0v) is 10.4.